The minimum absolute atomic E-state index is 0.110. The zero-order valence-corrected chi connectivity index (χ0v) is 16.3. The van der Waals surface area contributed by atoms with E-state index in [0.29, 0.717) is 18.8 Å². The lowest BCUT2D eigenvalue weighted by Gasteiger charge is -2.43. The Balaban J connectivity index is 1.62. The molecule has 2 aliphatic carbocycles. The standard InChI is InChI=1S/C21H25F3N2O3/c1-13-8-10-20(11-9-13)26(17(12-29-20)18(27)25-16-6-7-16)19(28)14-2-4-15(5-3-14)21(22,23)24/h2-5,13,16-17H,6-12H2,1H3,(H,25,27). The number of ether oxygens (including phenoxy) is 1. The van der Waals surface area contributed by atoms with Crippen molar-refractivity contribution in [2.24, 2.45) is 5.92 Å². The highest BCUT2D eigenvalue weighted by molar-refractivity contribution is 5.98. The summed E-state index contributed by atoms with van der Waals surface area (Å²) < 4.78 is 44.7. The zero-order chi connectivity index (χ0) is 20.8. The summed E-state index contributed by atoms with van der Waals surface area (Å²) in [5.74, 6) is -0.198. The van der Waals surface area contributed by atoms with E-state index in [2.05, 4.69) is 12.2 Å². The smallest absolute Gasteiger partial charge is 0.353 e. The van der Waals surface area contributed by atoms with Crippen LogP contribution in [-0.2, 0) is 15.7 Å². The summed E-state index contributed by atoms with van der Waals surface area (Å²) in [6, 6.07) is 3.54. The Morgan fingerprint density at radius 1 is 1.10 bits per heavy atom. The summed E-state index contributed by atoms with van der Waals surface area (Å²) in [6.45, 7) is 2.25. The molecule has 4 rings (SSSR count). The van der Waals surface area contributed by atoms with Crippen molar-refractivity contribution in [3.63, 3.8) is 0 Å². The van der Waals surface area contributed by atoms with Crippen molar-refractivity contribution in [1.82, 2.24) is 10.2 Å². The first kappa shape index (κ1) is 20.2. The number of halogens is 3. The van der Waals surface area contributed by atoms with Crippen LogP contribution in [0, 0.1) is 5.92 Å². The fourth-order valence-corrected chi connectivity index (χ4v) is 4.25. The Hall–Kier alpha value is -2.09. The molecule has 2 amide bonds. The topological polar surface area (TPSA) is 58.6 Å². The van der Waals surface area contributed by atoms with Crippen LogP contribution in [0.5, 0.6) is 0 Å². The van der Waals surface area contributed by atoms with E-state index in [4.69, 9.17) is 4.74 Å². The highest BCUT2D eigenvalue weighted by Crippen LogP contribution is 2.43. The van der Waals surface area contributed by atoms with Gasteiger partial charge in [-0.05, 0) is 68.7 Å². The van der Waals surface area contributed by atoms with E-state index in [1.807, 2.05) is 0 Å². The third kappa shape index (κ3) is 3.99. The fourth-order valence-electron chi connectivity index (χ4n) is 4.25. The third-order valence-corrected chi connectivity index (χ3v) is 6.22. The predicted octanol–water partition coefficient (Wildman–Crippen LogP) is 3.73. The number of carbonyl (C=O) groups excluding carboxylic acids is 2. The molecule has 1 saturated heterocycles. The number of alkyl halides is 3. The van der Waals surface area contributed by atoms with E-state index in [9.17, 15) is 22.8 Å². The average Bonchev–Trinajstić information content (AvgIpc) is 3.42. The van der Waals surface area contributed by atoms with Crippen LogP contribution in [0.25, 0.3) is 0 Å². The molecule has 1 aliphatic heterocycles. The van der Waals surface area contributed by atoms with Crippen LogP contribution < -0.4 is 5.32 Å². The quantitative estimate of drug-likeness (QED) is 0.826. The molecule has 158 valence electrons. The molecular formula is C21H25F3N2O3. The molecule has 29 heavy (non-hydrogen) atoms. The zero-order valence-electron chi connectivity index (χ0n) is 16.3. The number of nitrogens with zero attached hydrogens (tertiary/aromatic N) is 1. The summed E-state index contributed by atoms with van der Waals surface area (Å²) in [7, 11) is 0. The lowest BCUT2D eigenvalue weighted by molar-refractivity contribution is -0.137. The van der Waals surface area contributed by atoms with Crippen molar-refractivity contribution in [3.8, 4) is 0 Å². The van der Waals surface area contributed by atoms with Gasteiger partial charge in [0.2, 0.25) is 5.91 Å². The number of benzene rings is 1. The van der Waals surface area contributed by atoms with Gasteiger partial charge in [0, 0.05) is 11.6 Å². The van der Waals surface area contributed by atoms with Crippen LogP contribution in [-0.4, -0.2) is 41.1 Å². The minimum Gasteiger partial charge on any atom is -0.353 e. The highest BCUT2D eigenvalue weighted by atomic mass is 19.4. The van der Waals surface area contributed by atoms with Gasteiger partial charge in [-0.15, -0.1) is 0 Å². The molecule has 5 nitrogen and oxygen atoms in total. The maximum absolute atomic E-state index is 13.4. The summed E-state index contributed by atoms with van der Waals surface area (Å²) in [6.07, 6.45) is 0.360. The molecule has 0 radical (unpaired) electrons. The molecule has 0 bridgehead atoms. The van der Waals surface area contributed by atoms with E-state index in [-0.39, 0.29) is 24.1 Å². The van der Waals surface area contributed by atoms with Gasteiger partial charge < -0.3 is 10.1 Å². The van der Waals surface area contributed by atoms with E-state index < -0.39 is 29.4 Å². The molecule has 1 atom stereocenters. The lowest BCUT2D eigenvalue weighted by atomic mass is 9.83. The Morgan fingerprint density at radius 3 is 2.28 bits per heavy atom. The molecule has 8 heteroatoms. The molecule has 1 N–H and O–H groups in total. The first-order valence-electron chi connectivity index (χ1n) is 10.1. The van der Waals surface area contributed by atoms with Crippen LogP contribution in [0.1, 0.15) is 61.4 Å². The molecule has 2 saturated carbocycles. The van der Waals surface area contributed by atoms with Gasteiger partial charge in [-0.2, -0.15) is 13.2 Å². The van der Waals surface area contributed by atoms with Gasteiger partial charge in [-0.3, -0.25) is 14.5 Å². The van der Waals surface area contributed by atoms with Crippen molar-refractivity contribution >= 4 is 11.8 Å². The van der Waals surface area contributed by atoms with Gasteiger partial charge in [0.25, 0.3) is 5.91 Å². The molecule has 3 aliphatic rings. The van der Waals surface area contributed by atoms with Gasteiger partial charge in [0.1, 0.15) is 11.8 Å². The van der Waals surface area contributed by atoms with E-state index >= 15 is 0 Å². The van der Waals surface area contributed by atoms with Crippen molar-refractivity contribution in [2.45, 2.75) is 69.4 Å². The second-order valence-electron chi connectivity index (χ2n) is 8.49. The van der Waals surface area contributed by atoms with Gasteiger partial charge in [-0.25, -0.2) is 0 Å². The fraction of sp³-hybridized carbons (Fsp3) is 0.619. The molecule has 3 fully saturated rings. The van der Waals surface area contributed by atoms with Crippen LogP contribution in [0.2, 0.25) is 0 Å². The lowest BCUT2D eigenvalue weighted by Crippen LogP contribution is -2.57. The largest absolute Gasteiger partial charge is 0.416 e. The van der Waals surface area contributed by atoms with Gasteiger partial charge in [0.05, 0.1) is 12.2 Å². The maximum Gasteiger partial charge on any atom is 0.416 e. The van der Waals surface area contributed by atoms with E-state index in [0.717, 1.165) is 37.8 Å². The van der Waals surface area contributed by atoms with Crippen molar-refractivity contribution < 1.29 is 27.5 Å². The second-order valence-corrected chi connectivity index (χ2v) is 8.49. The normalized spacial score (nSPS) is 29.9. The summed E-state index contributed by atoms with van der Waals surface area (Å²) >= 11 is 0. The van der Waals surface area contributed by atoms with Crippen LogP contribution in [0.4, 0.5) is 13.2 Å². The number of rotatable bonds is 3. The van der Waals surface area contributed by atoms with Crippen LogP contribution in [0.15, 0.2) is 24.3 Å². The molecule has 1 unspecified atom stereocenters. The number of carbonyl (C=O) groups is 2. The Labute approximate surface area is 167 Å². The third-order valence-electron chi connectivity index (χ3n) is 6.22. The number of amides is 2. The molecule has 1 aromatic rings. The monoisotopic (exact) mass is 410 g/mol. The summed E-state index contributed by atoms with van der Waals surface area (Å²) in [5.41, 5.74) is -1.54. The van der Waals surface area contributed by atoms with Crippen molar-refractivity contribution in [2.75, 3.05) is 6.61 Å². The van der Waals surface area contributed by atoms with Gasteiger partial charge in [-0.1, -0.05) is 6.92 Å². The SMILES string of the molecule is CC1CCC2(CC1)OCC(C(=O)NC1CC1)N2C(=O)c1ccc(C(F)(F)F)cc1. The summed E-state index contributed by atoms with van der Waals surface area (Å²) in [4.78, 5) is 27.6. The second kappa shape index (κ2) is 7.31. The molecule has 1 heterocycles. The first-order chi connectivity index (χ1) is 13.7. The Morgan fingerprint density at radius 2 is 1.72 bits per heavy atom. The highest BCUT2D eigenvalue weighted by Gasteiger charge is 2.54. The van der Waals surface area contributed by atoms with Gasteiger partial charge in [0.15, 0.2) is 0 Å². The molecule has 1 aromatic carbocycles. The Bertz CT molecular complexity index is 781. The minimum atomic E-state index is -4.47. The Kier molecular flexibility index (Phi) is 5.09. The maximum atomic E-state index is 13.4. The molecule has 0 aromatic heterocycles. The van der Waals surface area contributed by atoms with Crippen molar-refractivity contribution in [1.29, 1.82) is 0 Å². The number of hydrogen-bond donors (Lipinski definition) is 1. The summed E-state index contributed by atoms with van der Waals surface area (Å²) in [5, 5.41) is 2.93. The predicted molar refractivity (Wildman–Crippen MR) is 98.9 cm³/mol. The van der Waals surface area contributed by atoms with Crippen LogP contribution in [0.3, 0.4) is 0 Å². The number of nitrogens with one attached hydrogen (secondary N) is 1. The molecular weight excluding hydrogens is 385 g/mol. The first-order valence-corrected chi connectivity index (χ1v) is 10.1. The van der Waals surface area contributed by atoms with Crippen molar-refractivity contribution in [3.05, 3.63) is 35.4 Å². The molecule has 1 spiro atoms. The van der Waals surface area contributed by atoms with Crippen LogP contribution >= 0.6 is 0 Å². The average molecular weight is 410 g/mol. The van der Waals surface area contributed by atoms with Gasteiger partial charge >= 0.3 is 6.18 Å². The number of hydrogen-bond acceptors (Lipinski definition) is 3. The van der Waals surface area contributed by atoms with E-state index in [1.54, 1.807) is 0 Å². The van der Waals surface area contributed by atoms with E-state index in [1.165, 1.54) is 17.0 Å².